The monoisotopic (exact) mass is 583 g/mol. The van der Waals surface area contributed by atoms with Crippen LogP contribution >= 0.6 is 0 Å². The number of sulfonamides is 1. The third kappa shape index (κ3) is 7.25. The van der Waals surface area contributed by atoms with Gasteiger partial charge < -0.3 is 10.2 Å². The molecule has 0 bridgehead atoms. The van der Waals surface area contributed by atoms with Gasteiger partial charge in [0.05, 0.1) is 10.6 Å². The highest BCUT2D eigenvalue weighted by molar-refractivity contribution is 7.92. The maximum absolute atomic E-state index is 14.3. The Kier molecular flexibility index (Phi) is 9.80. The summed E-state index contributed by atoms with van der Waals surface area (Å²) in [6, 6.07) is 29.7. The van der Waals surface area contributed by atoms with Crippen molar-refractivity contribution in [2.24, 2.45) is 0 Å². The van der Waals surface area contributed by atoms with E-state index in [2.05, 4.69) is 5.32 Å². The summed E-state index contributed by atoms with van der Waals surface area (Å²) in [6.45, 7) is 5.47. The third-order valence-corrected chi connectivity index (χ3v) is 9.13. The van der Waals surface area contributed by atoms with Crippen LogP contribution in [0.15, 0.2) is 108 Å². The number of anilines is 1. The van der Waals surface area contributed by atoms with Gasteiger partial charge in [0.1, 0.15) is 12.6 Å². The second-order valence-corrected chi connectivity index (χ2v) is 12.3. The van der Waals surface area contributed by atoms with Gasteiger partial charge in [0.25, 0.3) is 10.0 Å². The van der Waals surface area contributed by atoms with Gasteiger partial charge in [-0.2, -0.15) is 0 Å². The zero-order valence-corrected chi connectivity index (χ0v) is 25.3. The van der Waals surface area contributed by atoms with E-state index >= 15 is 0 Å². The second kappa shape index (κ2) is 13.5. The lowest BCUT2D eigenvalue weighted by Gasteiger charge is -2.33. The van der Waals surface area contributed by atoms with Crippen LogP contribution in [0.4, 0.5) is 5.69 Å². The Bertz CT molecular complexity index is 1640. The van der Waals surface area contributed by atoms with Gasteiger partial charge in [0.2, 0.25) is 11.8 Å². The SMILES string of the molecule is CNC(=O)[C@@H](Cc1ccccc1)N(Cc1cccc(C)c1)C(=O)CN(c1ccc(C)c(C)c1)S(=O)(=O)c1ccccc1. The number of aryl methyl sites for hydroxylation is 3. The predicted octanol–water partition coefficient (Wildman–Crippen LogP) is 5.19. The predicted molar refractivity (Wildman–Crippen MR) is 167 cm³/mol. The minimum absolute atomic E-state index is 0.0772. The van der Waals surface area contributed by atoms with Crippen LogP contribution in [-0.4, -0.2) is 44.8 Å². The van der Waals surface area contributed by atoms with E-state index in [1.54, 1.807) is 30.3 Å². The first-order valence-electron chi connectivity index (χ1n) is 13.9. The van der Waals surface area contributed by atoms with E-state index in [4.69, 9.17) is 0 Å². The summed E-state index contributed by atoms with van der Waals surface area (Å²) in [5.74, 6) is -0.817. The Morgan fingerprint density at radius 1 is 0.762 bits per heavy atom. The fraction of sp³-hybridized carbons (Fsp3) is 0.235. The van der Waals surface area contributed by atoms with Crippen molar-refractivity contribution in [2.45, 2.75) is 44.7 Å². The van der Waals surface area contributed by atoms with Crippen LogP contribution in [0.5, 0.6) is 0 Å². The minimum Gasteiger partial charge on any atom is -0.357 e. The topological polar surface area (TPSA) is 86.8 Å². The summed E-state index contributed by atoms with van der Waals surface area (Å²) >= 11 is 0. The molecule has 218 valence electrons. The van der Waals surface area contributed by atoms with E-state index in [1.807, 2.05) is 81.4 Å². The Hall–Kier alpha value is -4.43. The fourth-order valence-electron chi connectivity index (χ4n) is 4.86. The number of hydrogen-bond donors (Lipinski definition) is 1. The first-order chi connectivity index (χ1) is 20.1. The molecular formula is C34H37N3O4S. The molecule has 0 fully saturated rings. The largest absolute Gasteiger partial charge is 0.357 e. The number of carbonyl (C=O) groups is 2. The molecule has 1 N–H and O–H groups in total. The van der Waals surface area contributed by atoms with Gasteiger partial charge in [-0.3, -0.25) is 13.9 Å². The van der Waals surface area contributed by atoms with E-state index in [1.165, 1.54) is 24.1 Å². The zero-order chi connectivity index (χ0) is 30.3. The van der Waals surface area contributed by atoms with Crippen molar-refractivity contribution in [1.29, 1.82) is 0 Å². The molecule has 0 aliphatic carbocycles. The summed E-state index contributed by atoms with van der Waals surface area (Å²) in [5, 5.41) is 2.71. The molecule has 7 nitrogen and oxygen atoms in total. The number of amides is 2. The van der Waals surface area contributed by atoms with Crippen LogP contribution in [0.1, 0.15) is 27.8 Å². The number of hydrogen-bond acceptors (Lipinski definition) is 4. The number of nitrogens with one attached hydrogen (secondary N) is 1. The molecular weight excluding hydrogens is 546 g/mol. The lowest BCUT2D eigenvalue weighted by molar-refractivity contribution is -0.139. The van der Waals surface area contributed by atoms with Crippen molar-refractivity contribution in [2.75, 3.05) is 17.9 Å². The summed E-state index contributed by atoms with van der Waals surface area (Å²) in [5.41, 5.74) is 5.03. The molecule has 2 amide bonds. The van der Waals surface area contributed by atoms with Crippen molar-refractivity contribution in [3.63, 3.8) is 0 Å². The van der Waals surface area contributed by atoms with Crippen molar-refractivity contribution < 1.29 is 18.0 Å². The average molecular weight is 584 g/mol. The number of nitrogens with zero attached hydrogens (tertiary/aromatic N) is 2. The van der Waals surface area contributed by atoms with Crippen LogP contribution in [0.25, 0.3) is 0 Å². The van der Waals surface area contributed by atoms with Gasteiger partial charge in [-0.1, -0.05) is 84.4 Å². The Balaban J connectivity index is 1.80. The molecule has 8 heteroatoms. The molecule has 4 aromatic carbocycles. The lowest BCUT2D eigenvalue weighted by atomic mass is 10.0. The van der Waals surface area contributed by atoms with Crippen LogP contribution in [0, 0.1) is 20.8 Å². The summed E-state index contributed by atoms with van der Waals surface area (Å²) in [4.78, 5) is 29.2. The van der Waals surface area contributed by atoms with Crippen molar-refractivity contribution in [1.82, 2.24) is 10.2 Å². The van der Waals surface area contributed by atoms with Gasteiger partial charge in [0, 0.05) is 20.0 Å². The summed E-state index contributed by atoms with van der Waals surface area (Å²) in [7, 11) is -2.58. The Labute approximate surface area is 248 Å². The van der Waals surface area contributed by atoms with E-state index in [-0.39, 0.29) is 23.8 Å². The molecule has 0 aliphatic heterocycles. The standard InChI is InChI=1S/C34H37N3O4S/c1-25-12-11-15-29(20-25)23-36(32(34(39)35-4)22-28-13-7-5-8-14-28)33(38)24-37(30-19-18-26(2)27(3)21-30)42(40,41)31-16-9-6-10-17-31/h5-21,32H,22-24H2,1-4H3,(H,35,39)/t32-/m1/s1. The highest BCUT2D eigenvalue weighted by Crippen LogP contribution is 2.27. The summed E-state index contributed by atoms with van der Waals surface area (Å²) in [6.07, 6.45) is 0.271. The molecule has 4 aromatic rings. The fourth-order valence-corrected chi connectivity index (χ4v) is 6.28. The molecule has 0 saturated carbocycles. The smallest absolute Gasteiger partial charge is 0.264 e. The van der Waals surface area contributed by atoms with Gasteiger partial charge in [-0.15, -0.1) is 0 Å². The molecule has 0 spiro atoms. The average Bonchev–Trinajstić information content (AvgIpc) is 2.99. The maximum atomic E-state index is 14.3. The first-order valence-corrected chi connectivity index (χ1v) is 15.3. The highest BCUT2D eigenvalue weighted by atomic mass is 32.2. The lowest BCUT2D eigenvalue weighted by Crippen LogP contribution is -2.53. The van der Waals surface area contributed by atoms with E-state index in [0.717, 1.165) is 32.1 Å². The second-order valence-electron chi connectivity index (χ2n) is 10.4. The zero-order valence-electron chi connectivity index (χ0n) is 24.4. The Morgan fingerprint density at radius 3 is 2.02 bits per heavy atom. The van der Waals surface area contributed by atoms with Crippen molar-refractivity contribution in [3.05, 3.63) is 131 Å². The molecule has 1 atom stereocenters. The normalized spacial score (nSPS) is 11.9. The molecule has 4 rings (SSSR count). The maximum Gasteiger partial charge on any atom is 0.264 e. The molecule has 0 unspecified atom stereocenters. The molecule has 0 aromatic heterocycles. The van der Waals surface area contributed by atoms with Crippen LogP contribution in [0.2, 0.25) is 0 Å². The molecule has 0 radical (unpaired) electrons. The molecule has 0 aliphatic rings. The van der Waals surface area contributed by atoms with Gasteiger partial charge in [0.15, 0.2) is 0 Å². The van der Waals surface area contributed by atoms with Gasteiger partial charge in [-0.25, -0.2) is 8.42 Å². The number of carbonyl (C=O) groups excluding carboxylic acids is 2. The quantitative estimate of drug-likeness (QED) is 0.263. The summed E-state index contributed by atoms with van der Waals surface area (Å²) < 4.78 is 29.2. The van der Waals surface area contributed by atoms with Crippen molar-refractivity contribution >= 4 is 27.5 Å². The molecule has 42 heavy (non-hydrogen) atoms. The Morgan fingerprint density at radius 2 is 1.40 bits per heavy atom. The van der Waals surface area contributed by atoms with Crippen molar-refractivity contribution in [3.8, 4) is 0 Å². The number of likely N-dealkylation sites (N-methyl/N-ethyl adjacent to an activating group) is 1. The van der Waals surface area contributed by atoms with E-state index in [0.29, 0.717) is 5.69 Å². The van der Waals surface area contributed by atoms with E-state index < -0.39 is 28.5 Å². The van der Waals surface area contributed by atoms with Crippen LogP contribution in [0.3, 0.4) is 0 Å². The third-order valence-electron chi connectivity index (χ3n) is 7.34. The highest BCUT2D eigenvalue weighted by Gasteiger charge is 2.34. The molecule has 0 saturated heterocycles. The van der Waals surface area contributed by atoms with Gasteiger partial charge >= 0.3 is 0 Å². The van der Waals surface area contributed by atoms with E-state index in [9.17, 15) is 18.0 Å². The van der Waals surface area contributed by atoms with Crippen LogP contribution in [-0.2, 0) is 32.6 Å². The number of rotatable bonds is 11. The molecule has 0 heterocycles. The minimum atomic E-state index is -4.12. The van der Waals surface area contributed by atoms with Crippen LogP contribution < -0.4 is 9.62 Å². The number of benzene rings is 4. The first kappa shape index (κ1) is 30.5. The van der Waals surface area contributed by atoms with Gasteiger partial charge in [-0.05, 0) is 67.3 Å².